The van der Waals surface area contributed by atoms with E-state index in [0.717, 1.165) is 53.5 Å². The number of nitrogens with one attached hydrogen (secondary N) is 1. The molecule has 7 heteroatoms. The first-order valence-electron chi connectivity index (χ1n) is 14.6. The number of rotatable bonds is 11. The summed E-state index contributed by atoms with van der Waals surface area (Å²) in [6.07, 6.45) is 5.61. The van der Waals surface area contributed by atoms with E-state index in [0.29, 0.717) is 12.3 Å². The summed E-state index contributed by atoms with van der Waals surface area (Å²) in [4.78, 5) is 39.8. The predicted octanol–water partition coefficient (Wildman–Crippen LogP) is 6.23. The fourth-order valence-corrected chi connectivity index (χ4v) is 6.39. The van der Waals surface area contributed by atoms with Crippen LogP contribution in [0.15, 0.2) is 78.9 Å². The van der Waals surface area contributed by atoms with Crippen LogP contribution in [0.4, 0.5) is 4.79 Å². The molecule has 7 nitrogen and oxygen atoms in total. The highest BCUT2D eigenvalue weighted by Crippen LogP contribution is 2.44. The van der Waals surface area contributed by atoms with Gasteiger partial charge in [-0.1, -0.05) is 111 Å². The van der Waals surface area contributed by atoms with Crippen LogP contribution in [-0.4, -0.2) is 47.7 Å². The van der Waals surface area contributed by atoms with Crippen LogP contribution in [0, 0.1) is 11.8 Å². The van der Waals surface area contributed by atoms with E-state index in [4.69, 9.17) is 4.74 Å². The van der Waals surface area contributed by atoms with E-state index in [-0.39, 0.29) is 38.1 Å². The van der Waals surface area contributed by atoms with Crippen molar-refractivity contribution in [2.45, 2.75) is 51.0 Å². The van der Waals surface area contributed by atoms with Crippen molar-refractivity contribution < 1.29 is 24.2 Å². The molecular formula is C34H38N2O5. The number of aliphatic carboxylic acids is 1. The highest BCUT2D eigenvalue weighted by molar-refractivity contribution is 5.84. The van der Waals surface area contributed by atoms with Gasteiger partial charge in [0.15, 0.2) is 0 Å². The van der Waals surface area contributed by atoms with Crippen molar-refractivity contribution in [3.05, 3.63) is 95.6 Å². The molecule has 0 radical (unpaired) electrons. The number of hydrogen-bond donors (Lipinski definition) is 2. The summed E-state index contributed by atoms with van der Waals surface area (Å²) in [6, 6.07) is 25.7. The van der Waals surface area contributed by atoms with Gasteiger partial charge < -0.3 is 20.1 Å². The van der Waals surface area contributed by atoms with Gasteiger partial charge in [0.05, 0.1) is 5.92 Å². The van der Waals surface area contributed by atoms with Gasteiger partial charge in [0.25, 0.3) is 0 Å². The van der Waals surface area contributed by atoms with Gasteiger partial charge in [-0.15, -0.1) is 0 Å². The molecule has 0 aromatic heterocycles. The first-order chi connectivity index (χ1) is 20.0. The van der Waals surface area contributed by atoms with Crippen LogP contribution in [0.25, 0.3) is 11.1 Å². The predicted molar refractivity (Wildman–Crippen MR) is 157 cm³/mol. The Hall–Kier alpha value is -4.13. The fraction of sp³-hybridized carbons (Fsp3) is 0.382. The normalized spacial score (nSPS) is 15.4. The molecule has 3 aromatic carbocycles. The van der Waals surface area contributed by atoms with Crippen molar-refractivity contribution in [1.82, 2.24) is 10.2 Å². The summed E-state index contributed by atoms with van der Waals surface area (Å²) < 4.78 is 5.71. The number of carboxylic acid groups (broad SMARTS) is 1. The van der Waals surface area contributed by atoms with Gasteiger partial charge in [-0.25, -0.2) is 4.79 Å². The summed E-state index contributed by atoms with van der Waals surface area (Å²) in [7, 11) is 0. The largest absolute Gasteiger partial charge is 0.480 e. The number of alkyl carbamates (subject to hydrolysis) is 1. The Balaban J connectivity index is 1.25. The molecular weight excluding hydrogens is 516 g/mol. The quantitative estimate of drug-likeness (QED) is 0.293. The van der Waals surface area contributed by atoms with Crippen LogP contribution in [0.2, 0.25) is 0 Å². The van der Waals surface area contributed by atoms with Gasteiger partial charge in [0.1, 0.15) is 13.2 Å². The number of ether oxygens (including phenoxy) is 1. The molecule has 0 aliphatic heterocycles. The van der Waals surface area contributed by atoms with Crippen molar-refractivity contribution in [2.24, 2.45) is 11.8 Å². The second-order valence-corrected chi connectivity index (χ2v) is 11.2. The van der Waals surface area contributed by atoms with Crippen LogP contribution < -0.4 is 5.32 Å². The molecule has 0 saturated heterocycles. The Morgan fingerprint density at radius 3 is 2.10 bits per heavy atom. The number of hydrogen-bond acceptors (Lipinski definition) is 4. The molecule has 0 heterocycles. The number of fused-ring (bicyclic) bond motifs is 3. The number of carboxylic acids is 1. The number of carbonyl (C=O) groups excluding carboxylic acids is 2. The van der Waals surface area contributed by atoms with Crippen molar-refractivity contribution >= 4 is 18.0 Å². The van der Waals surface area contributed by atoms with Crippen LogP contribution in [0.5, 0.6) is 0 Å². The van der Waals surface area contributed by atoms with Crippen LogP contribution in [-0.2, 0) is 20.9 Å². The average molecular weight is 555 g/mol. The second kappa shape index (κ2) is 13.5. The third kappa shape index (κ3) is 7.15. The monoisotopic (exact) mass is 554 g/mol. The van der Waals surface area contributed by atoms with E-state index in [1.165, 1.54) is 11.3 Å². The molecule has 1 unspecified atom stereocenters. The van der Waals surface area contributed by atoms with E-state index in [1.807, 2.05) is 54.6 Å². The van der Waals surface area contributed by atoms with Crippen molar-refractivity contribution in [3.8, 4) is 11.1 Å². The third-order valence-electron chi connectivity index (χ3n) is 8.38. The zero-order chi connectivity index (χ0) is 28.6. The van der Waals surface area contributed by atoms with Gasteiger partial charge in [0, 0.05) is 19.0 Å². The van der Waals surface area contributed by atoms with Crippen LogP contribution in [0.1, 0.15) is 61.1 Å². The SMILES string of the molecule is O=C(O)CN(Cc1ccccc1)C(=O)C(CNC(=O)OCC1c2ccccc2-c2ccccc21)CC1CCCCC1. The molecule has 1 saturated carbocycles. The van der Waals surface area contributed by atoms with E-state index in [2.05, 4.69) is 29.6 Å². The average Bonchev–Trinajstić information content (AvgIpc) is 3.32. The molecule has 5 rings (SSSR count). The van der Waals surface area contributed by atoms with Gasteiger partial charge in [0.2, 0.25) is 5.91 Å². The minimum absolute atomic E-state index is 0.0512. The van der Waals surface area contributed by atoms with Crippen molar-refractivity contribution in [1.29, 1.82) is 0 Å². The maximum absolute atomic E-state index is 13.8. The molecule has 2 aliphatic carbocycles. The van der Waals surface area contributed by atoms with E-state index >= 15 is 0 Å². The topological polar surface area (TPSA) is 95.9 Å². The summed E-state index contributed by atoms with van der Waals surface area (Å²) >= 11 is 0. The van der Waals surface area contributed by atoms with Crippen LogP contribution >= 0.6 is 0 Å². The lowest BCUT2D eigenvalue weighted by molar-refractivity contribution is -0.147. The lowest BCUT2D eigenvalue weighted by Crippen LogP contribution is -2.44. The smallest absolute Gasteiger partial charge is 0.407 e. The molecule has 1 fully saturated rings. The Labute approximate surface area is 241 Å². The molecule has 0 spiro atoms. The summed E-state index contributed by atoms with van der Waals surface area (Å²) in [5, 5.41) is 12.4. The minimum atomic E-state index is -1.06. The molecule has 2 aliphatic rings. The van der Waals surface area contributed by atoms with E-state index in [1.54, 1.807) is 0 Å². The molecule has 3 aromatic rings. The lowest BCUT2D eigenvalue weighted by atomic mass is 9.82. The van der Waals surface area contributed by atoms with Crippen molar-refractivity contribution in [3.63, 3.8) is 0 Å². The summed E-state index contributed by atoms with van der Waals surface area (Å²) in [5.74, 6) is -1.51. The van der Waals surface area contributed by atoms with Crippen LogP contribution in [0.3, 0.4) is 0 Å². The van der Waals surface area contributed by atoms with Gasteiger partial charge in [-0.3, -0.25) is 9.59 Å². The Kier molecular flexibility index (Phi) is 9.34. The van der Waals surface area contributed by atoms with E-state index < -0.39 is 18.0 Å². The molecule has 0 bridgehead atoms. The molecule has 2 N–H and O–H groups in total. The maximum atomic E-state index is 13.8. The highest BCUT2D eigenvalue weighted by Gasteiger charge is 2.31. The van der Waals surface area contributed by atoms with Crippen molar-refractivity contribution in [2.75, 3.05) is 19.7 Å². The van der Waals surface area contributed by atoms with Gasteiger partial charge >= 0.3 is 12.1 Å². The first-order valence-corrected chi connectivity index (χ1v) is 14.6. The Morgan fingerprint density at radius 2 is 1.46 bits per heavy atom. The summed E-state index contributed by atoms with van der Waals surface area (Å²) in [6.45, 7) is 0.120. The fourth-order valence-electron chi connectivity index (χ4n) is 6.39. The molecule has 41 heavy (non-hydrogen) atoms. The van der Waals surface area contributed by atoms with Gasteiger partial charge in [-0.2, -0.15) is 0 Å². The minimum Gasteiger partial charge on any atom is -0.480 e. The second-order valence-electron chi connectivity index (χ2n) is 11.2. The number of carbonyl (C=O) groups is 3. The standard InChI is InChI=1S/C34H38N2O5/c37-32(38)22-36(21-25-13-5-2-6-14-25)33(39)26(19-24-11-3-1-4-12-24)20-35-34(40)41-23-31-29-17-9-7-15-27(29)28-16-8-10-18-30(28)31/h2,5-10,13-18,24,26,31H,1,3-4,11-12,19-23H2,(H,35,40)(H,37,38). The van der Waals surface area contributed by atoms with Gasteiger partial charge in [-0.05, 0) is 40.2 Å². The molecule has 2 amide bonds. The maximum Gasteiger partial charge on any atom is 0.407 e. The highest BCUT2D eigenvalue weighted by atomic mass is 16.5. The zero-order valence-electron chi connectivity index (χ0n) is 23.3. The zero-order valence-corrected chi connectivity index (χ0v) is 23.3. The Morgan fingerprint density at radius 1 is 0.854 bits per heavy atom. The molecule has 1 atom stereocenters. The third-order valence-corrected chi connectivity index (χ3v) is 8.38. The first kappa shape index (κ1) is 28.4. The number of amides is 2. The summed E-state index contributed by atoms with van der Waals surface area (Å²) in [5.41, 5.74) is 5.46. The number of benzene rings is 3. The van der Waals surface area contributed by atoms with E-state index in [9.17, 15) is 19.5 Å². The number of nitrogens with zero attached hydrogens (tertiary/aromatic N) is 1. The lowest BCUT2D eigenvalue weighted by Gasteiger charge is -2.30. The molecule has 214 valence electrons. The Bertz CT molecular complexity index is 1310.